The summed E-state index contributed by atoms with van der Waals surface area (Å²) in [4.78, 5) is 9.24. The van der Waals surface area contributed by atoms with E-state index < -0.39 is 10.0 Å². The minimum Gasteiger partial charge on any atom is -0.384 e. The van der Waals surface area contributed by atoms with Crippen molar-refractivity contribution in [2.24, 2.45) is 0 Å². The summed E-state index contributed by atoms with van der Waals surface area (Å²) in [6.07, 6.45) is 2.65. The lowest BCUT2D eigenvalue weighted by Gasteiger charge is -2.32. The number of fused-ring (bicyclic) bond motifs is 2. The van der Waals surface area contributed by atoms with Crippen molar-refractivity contribution in [2.45, 2.75) is 16.7 Å². The minimum absolute atomic E-state index is 0.0961. The van der Waals surface area contributed by atoms with Crippen molar-refractivity contribution in [3.63, 3.8) is 0 Å². The lowest BCUT2D eigenvalue weighted by molar-refractivity contribution is 0.222. The molecule has 1 spiro atoms. The van der Waals surface area contributed by atoms with Crippen LogP contribution in [0.4, 0.5) is 10.8 Å². The number of sulfonamides is 1. The summed E-state index contributed by atoms with van der Waals surface area (Å²) in [5, 5.41) is 4.42. The molecule has 0 radical (unpaired) electrons. The van der Waals surface area contributed by atoms with E-state index >= 15 is 0 Å². The van der Waals surface area contributed by atoms with Crippen molar-refractivity contribution in [1.29, 1.82) is 0 Å². The Morgan fingerprint density at radius 3 is 2.72 bits per heavy atom. The van der Waals surface area contributed by atoms with Gasteiger partial charge in [-0.05, 0) is 37.2 Å². The number of thiazole rings is 1. The monoisotopic (exact) mass is 453 g/mol. The molecule has 1 aromatic heterocycles. The molecule has 3 aliphatic heterocycles. The smallest absolute Gasteiger partial charge is 0.243 e. The van der Waals surface area contributed by atoms with Crippen molar-refractivity contribution < 1.29 is 8.42 Å². The SMILES string of the molecule is CN1CCN(S(=O)(=O)c2ccc3c(c2)C2(CCN(c4ncc(Cl)s4)C2)CN3)CC1. The molecular weight excluding hydrogens is 430 g/mol. The Morgan fingerprint density at radius 2 is 2.00 bits per heavy atom. The predicted molar refractivity (Wildman–Crippen MR) is 117 cm³/mol. The summed E-state index contributed by atoms with van der Waals surface area (Å²) in [5.41, 5.74) is 2.06. The van der Waals surface area contributed by atoms with E-state index in [9.17, 15) is 8.42 Å². The van der Waals surface area contributed by atoms with Crippen LogP contribution in [0, 0.1) is 0 Å². The van der Waals surface area contributed by atoms with Gasteiger partial charge < -0.3 is 15.1 Å². The van der Waals surface area contributed by atoms with E-state index in [1.807, 2.05) is 19.2 Å². The van der Waals surface area contributed by atoms with E-state index in [1.165, 1.54) is 11.3 Å². The van der Waals surface area contributed by atoms with E-state index in [1.54, 1.807) is 16.6 Å². The molecule has 1 unspecified atom stereocenters. The number of hydrogen-bond donors (Lipinski definition) is 1. The second-order valence-electron chi connectivity index (χ2n) is 8.17. The van der Waals surface area contributed by atoms with Gasteiger partial charge in [0.15, 0.2) is 5.13 Å². The van der Waals surface area contributed by atoms with Gasteiger partial charge in [0.05, 0.1) is 11.1 Å². The van der Waals surface area contributed by atoms with E-state index in [4.69, 9.17) is 11.6 Å². The normalized spacial score (nSPS) is 25.5. The standard InChI is InChI=1S/C19H24ClN5O2S2/c1-23-6-8-25(9-7-23)29(26,27)14-2-3-16-15(10-14)19(12-22-16)4-5-24(13-19)18-21-11-17(20)28-18/h2-3,10-11,22H,4-9,12-13H2,1H3. The van der Waals surface area contributed by atoms with Crippen LogP contribution in [0.2, 0.25) is 4.34 Å². The minimum atomic E-state index is -3.48. The van der Waals surface area contributed by atoms with Gasteiger partial charge in [-0.1, -0.05) is 22.9 Å². The molecule has 4 heterocycles. The van der Waals surface area contributed by atoms with Crippen LogP contribution in [0.25, 0.3) is 0 Å². The third-order valence-corrected chi connectivity index (χ3v) is 9.44. The average molecular weight is 454 g/mol. The first-order chi connectivity index (χ1) is 13.9. The fraction of sp³-hybridized carbons (Fsp3) is 0.526. The second kappa shape index (κ2) is 7.09. The van der Waals surface area contributed by atoms with Crippen molar-refractivity contribution >= 4 is 43.8 Å². The summed E-state index contributed by atoms with van der Waals surface area (Å²) in [6, 6.07) is 5.57. The van der Waals surface area contributed by atoms with Crippen LogP contribution in [-0.4, -0.2) is 75.5 Å². The van der Waals surface area contributed by atoms with Crippen LogP contribution in [-0.2, 0) is 15.4 Å². The van der Waals surface area contributed by atoms with Gasteiger partial charge in [0, 0.05) is 56.9 Å². The van der Waals surface area contributed by atoms with Crippen LogP contribution >= 0.6 is 22.9 Å². The van der Waals surface area contributed by atoms with Crippen molar-refractivity contribution in [1.82, 2.24) is 14.2 Å². The lowest BCUT2D eigenvalue weighted by Crippen LogP contribution is -2.47. The molecule has 3 aliphatic rings. The molecule has 0 saturated carbocycles. The third kappa shape index (κ3) is 3.33. The molecule has 0 bridgehead atoms. The summed E-state index contributed by atoms with van der Waals surface area (Å²) < 4.78 is 28.8. The number of nitrogens with one attached hydrogen (secondary N) is 1. The molecule has 0 aliphatic carbocycles. The molecule has 2 fully saturated rings. The molecule has 10 heteroatoms. The Morgan fingerprint density at radius 1 is 1.21 bits per heavy atom. The molecule has 7 nitrogen and oxygen atoms in total. The fourth-order valence-corrected chi connectivity index (χ4v) is 6.98. The van der Waals surface area contributed by atoms with Crippen molar-refractivity contribution in [3.05, 3.63) is 34.3 Å². The summed E-state index contributed by atoms with van der Waals surface area (Å²) in [5.74, 6) is 0. The van der Waals surface area contributed by atoms with Gasteiger partial charge in [-0.25, -0.2) is 13.4 Å². The fourth-order valence-electron chi connectivity index (χ4n) is 4.61. The van der Waals surface area contributed by atoms with Crippen LogP contribution in [0.3, 0.4) is 0 Å². The topological polar surface area (TPSA) is 68.8 Å². The van der Waals surface area contributed by atoms with E-state index in [-0.39, 0.29) is 5.41 Å². The van der Waals surface area contributed by atoms with Gasteiger partial charge in [-0.15, -0.1) is 0 Å². The second-order valence-corrected chi connectivity index (χ2v) is 11.7. The van der Waals surface area contributed by atoms with Crippen LogP contribution < -0.4 is 10.2 Å². The molecule has 156 valence electrons. The highest BCUT2D eigenvalue weighted by Crippen LogP contribution is 2.46. The molecule has 2 saturated heterocycles. The lowest BCUT2D eigenvalue weighted by atomic mass is 9.82. The van der Waals surface area contributed by atoms with Gasteiger partial charge in [-0.2, -0.15) is 4.31 Å². The first-order valence-corrected chi connectivity index (χ1v) is 12.4. The predicted octanol–water partition coefficient (Wildman–Crippen LogP) is 2.31. The van der Waals surface area contributed by atoms with E-state index in [0.29, 0.717) is 22.3 Å². The maximum absolute atomic E-state index is 13.2. The zero-order valence-corrected chi connectivity index (χ0v) is 18.7. The zero-order valence-electron chi connectivity index (χ0n) is 16.3. The Bertz CT molecular complexity index is 1030. The number of nitrogens with zero attached hydrogens (tertiary/aromatic N) is 4. The van der Waals surface area contributed by atoms with Crippen molar-refractivity contribution in [3.8, 4) is 0 Å². The Hall–Kier alpha value is -1.39. The Balaban J connectivity index is 1.44. The average Bonchev–Trinajstić information content (AvgIpc) is 3.42. The molecule has 1 atom stereocenters. The quantitative estimate of drug-likeness (QED) is 0.769. The molecular formula is C19H24ClN5O2S2. The number of halogens is 1. The number of benzene rings is 1. The first kappa shape index (κ1) is 19.6. The van der Waals surface area contributed by atoms with Gasteiger partial charge in [0.2, 0.25) is 10.0 Å². The zero-order chi connectivity index (χ0) is 20.2. The van der Waals surface area contributed by atoms with E-state index in [2.05, 4.69) is 20.1 Å². The van der Waals surface area contributed by atoms with Crippen LogP contribution in [0.5, 0.6) is 0 Å². The highest BCUT2D eigenvalue weighted by Gasteiger charge is 2.45. The van der Waals surface area contributed by atoms with Gasteiger partial charge >= 0.3 is 0 Å². The molecule has 0 amide bonds. The number of aromatic nitrogens is 1. The van der Waals surface area contributed by atoms with Gasteiger partial charge in [0.1, 0.15) is 4.34 Å². The third-order valence-electron chi connectivity index (χ3n) is 6.37. The summed E-state index contributed by atoms with van der Waals surface area (Å²) in [7, 11) is -1.45. The van der Waals surface area contributed by atoms with Crippen LogP contribution in [0.15, 0.2) is 29.3 Å². The highest BCUT2D eigenvalue weighted by atomic mass is 35.5. The first-order valence-electron chi connectivity index (χ1n) is 9.81. The molecule has 2 aromatic rings. The number of anilines is 2. The maximum atomic E-state index is 13.2. The summed E-state index contributed by atoms with van der Waals surface area (Å²) in [6.45, 7) is 5.13. The molecule has 5 rings (SSSR count). The molecule has 29 heavy (non-hydrogen) atoms. The van der Waals surface area contributed by atoms with E-state index in [0.717, 1.165) is 55.5 Å². The number of rotatable bonds is 3. The van der Waals surface area contributed by atoms with Gasteiger partial charge in [-0.3, -0.25) is 0 Å². The molecule has 1 aromatic carbocycles. The Labute approximate surface area is 180 Å². The molecule has 1 N–H and O–H groups in total. The number of likely N-dealkylation sites (N-methyl/N-ethyl adjacent to an activating group) is 1. The Kier molecular flexibility index (Phi) is 4.78. The van der Waals surface area contributed by atoms with Crippen LogP contribution in [0.1, 0.15) is 12.0 Å². The van der Waals surface area contributed by atoms with Gasteiger partial charge in [0.25, 0.3) is 0 Å². The number of hydrogen-bond acceptors (Lipinski definition) is 7. The summed E-state index contributed by atoms with van der Waals surface area (Å²) >= 11 is 7.56. The maximum Gasteiger partial charge on any atom is 0.243 e. The highest BCUT2D eigenvalue weighted by molar-refractivity contribution is 7.89. The number of piperazine rings is 1. The van der Waals surface area contributed by atoms with Crippen molar-refractivity contribution in [2.75, 3.05) is 63.1 Å². The largest absolute Gasteiger partial charge is 0.384 e.